The first-order chi connectivity index (χ1) is 9.47. The number of benzene rings is 2. The summed E-state index contributed by atoms with van der Waals surface area (Å²) in [6.07, 6.45) is 0.0689. The second kappa shape index (κ2) is 6.09. The molecule has 2 aromatic carbocycles. The highest BCUT2D eigenvalue weighted by atomic mass is 79.9. The zero-order chi connectivity index (χ0) is 14.7. The van der Waals surface area contributed by atoms with Gasteiger partial charge in [0, 0.05) is 21.3 Å². The van der Waals surface area contributed by atoms with Crippen LogP contribution in [0.3, 0.4) is 0 Å². The number of hydrogen-bond donors (Lipinski definition) is 1. The maximum Gasteiger partial charge on any atom is 0.194 e. The van der Waals surface area contributed by atoms with E-state index < -0.39 is 0 Å². The van der Waals surface area contributed by atoms with E-state index >= 15 is 0 Å². The van der Waals surface area contributed by atoms with Crippen LogP contribution < -0.4 is 10.5 Å². The number of ketones is 1. The molecule has 104 valence electrons. The quantitative estimate of drug-likeness (QED) is 0.678. The molecule has 0 atom stereocenters. The average Bonchev–Trinajstić information content (AvgIpc) is 2.40. The van der Waals surface area contributed by atoms with Gasteiger partial charge in [0.2, 0.25) is 0 Å². The third-order valence-corrected chi connectivity index (χ3v) is 3.39. The Morgan fingerprint density at radius 1 is 1.20 bits per heavy atom. The van der Waals surface area contributed by atoms with E-state index in [9.17, 15) is 4.79 Å². The maximum absolute atomic E-state index is 12.5. The van der Waals surface area contributed by atoms with Crippen LogP contribution in [0.4, 0.5) is 5.69 Å². The third kappa shape index (κ3) is 3.39. The molecule has 2 rings (SSSR count). The van der Waals surface area contributed by atoms with E-state index in [0.29, 0.717) is 22.6 Å². The fourth-order valence-electron chi connectivity index (χ4n) is 1.86. The predicted molar refractivity (Wildman–Crippen MR) is 84.2 cm³/mol. The molecule has 0 bridgehead atoms. The van der Waals surface area contributed by atoms with Crippen molar-refractivity contribution in [2.24, 2.45) is 0 Å². The summed E-state index contributed by atoms with van der Waals surface area (Å²) in [5.74, 6) is 0.601. The number of nitrogens with two attached hydrogens (primary N) is 1. The van der Waals surface area contributed by atoms with Crippen molar-refractivity contribution in [3.05, 3.63) is 58.1 Å². The van der Waals surface area contributed by atoms with Gasteiger partial charge in [0.25, 0.3) is 0 Å². The summed E-state index contributed by atoms with van der Waals surface area (Å²) in [4.78, 5) is 12.5. The average molecular weight is 334 g/mol. The van der Waals surface area contributed by atoms with E-state index in [1.54, 1.807) is 30.3 Å². The first kappa shape index (κ1) is 14.6. The Morgan fingerprint density at radius 3 is 2.65 bits per heavy atom. The molecule has 0 amide bonds. The summed E-state index contributed by atoms with van der Waals surface area (Å²) in [5, 5.41) is 0. The molecule has 0 saturated carbocycles. The van der Waals surface area contributed by atoms with Crippen LogP contribution in [0.1, 0.15) is 29.8 Å². The standard InChI is InChI=1S/C16H16BrNO2/c1-10(2)20-13-5-3-4-11(8-13)16(19)14-9-12(18)6-7-15(14)17/h3-10H,18H2,1-2H3. The lowest BCUT2D eigenvalue weighted by Crippen LogP contribution is -2.07. The van der Waals surface area contributed by atoms with Crippen molar-refractivity contribution < 1.29 is 9.53 Å². The van der Waals surface area contributed by atoms with Crippen LogP contribution in [-0.2, 0) is 0 Å². The lowest BCUT2D eigenvalue weighted by molar-refractivity contribution is 0.103. The Kier molecular flexibility index (Phi) is 4.45. The van der Waals surface area contributed by atoms with Crippen molar-refractivity contribution in [3.8, 4) is 5.75 Å². The first-order valence-electron chi connectivity index (χ1n) is 6.34. The molecular weight excluding hydrogens is 318 g/mol. The number of carbonyl (C=O) groups excluding carboxylic acids is 1. The van der Waals surface area contributed by atoms with Crippen molar-refractivity contribution in [2.75, 3.05) is 5.73 Å². The maximum atomic E-state index is 12.5. The molecule has 4 heteroatoms. The second-order valence-electron chi connectivity index (χ2n) is 4.76. The topological polar surface area (TPSA) is 52.3 Å². The predicted octanol–water partition coefficient (Wildman–Crippen LogP) is 4.05. The highest BCUT2D eigenvalue weighted by Gasteiger charge is 2.14. The van der Waals surface area contributed by atoms with E-state index in [1.165, 1.54) is 0 Å². The molecule has 20 heavy (non-hydrogen) atoms. The number of rotatable bonds is 4. The largest absolute Gasteiger partial charge is 0.491 e. The van der Waals surface area contributed by atoms with E-state index in [0.717, 1.165) is 4.47 Å². The molecule has 2 N–H and O–H groups in total. The molecule has 2 aromatic rings. The van der Waals surface area contributed by atoms with Crippen LogP contribution in [0.25, 0.3) is 0 Å². The molecule has 0 saturated heterocycles. The molecular formula is C16H16BrNO2. The normalized spacial score (nSPS) is 10.6. The van der Waals surface area contributed by atoms with Crippen LogP contribution in [0.5, 0.6) is 5.75 Å². The third-order valence-electron chi connectivity index (χ3n) is 2.70. The summed E-state index contributed by atoms with van der Waals surface area (Å²) in [6.45, 7) is 3.89. The van der Waals surface area contributed by atoms with Crippen molar-refractivity contribution >= 4 is 27.4 Å². The number of hydrogen-bond acceptors (Lipinski definition) is 3. The van der Waals surface area contributed by atoms with E-state index in [-0.39, 0.29) is 11.9 Å². The van der Waals surface area contributed by atoms with Gasteiger partial charge < -0.3 is 10.5 Å². The Bertz CT molecular complexity index is 638. The SMILES string of the molecule is CC(C)Oc1cccc(C(=O)c2cc(N)ccc2Br)c1. The number of carbonyl (C=O) groups is 1. The van der Waals surface area contributed by atoms with Gasteiger partial charge >= 0.3 is 0 Å². The van der Waals surface area contributed by atoms with Gasteiger partial charge in [0.15, 0.2) is 5.78 Å². The smallest absolute Gasteiger partial charge is 0.194 e. The minimum absolute atomic E-state index is 0.0689. The van der Waals surface area contributed by atoms with Gasteiger partial charge in [-0.3, -0.25) is 4.79 Å². The number of halogens is 1. The zero-order valence-corrected chi connectivity index (χ0v) is 13.0. The molecule has 0 aliphatic heterocycles. The molecule has 0 unspecified atom stereocenters. The molecule has 0 aliphatic carbocycles. The summed E-state index contributed by atoms with van der Waals surface area (Å²) < 4.78 is 6.33. The monoisotopic (exact) mass is 333 g/mol. The molecule has 0 radical (unpaired) electrons. The molecule has 3 nitrogen and oxygen atoms in total. The van der Waals surface area contributed by atoms with Crippen LogP contribution in [-0.4, -0.2) is 11.9 Å². The Hall–Kier alpha value is -1.81. The van der Waals surface area contributed by atoms with Crippen molar-refractivity contribution in [1.82, 2.24) is 0 Å². The van der Waals surface area contributed by atoms with Gasteiger partial charge in [0.05, 0.1) is 6.10 Å². The van der Waals surface area contributed by atoms with Gasteiger partial charge in [-0.1, -0.05) is 28.1 Å². The van der Waals surface area contributed by atoms with Gasteiger partial charge in [-0.2, -0.15) is 0 Å². The zero-order valence-electron chi connectivity index (χ0n) is 11.4. The Labute approximate surface area is 126 Å². The van der Waals surface area contributed by atoms with Crippen molar-refractivity contribution in [3.63, 3.8) is 0 Å². The van der Waals surface area contributed by atoms with Gasteiger partial charge in [-0.15, -0.1) is 0 Å². The minimum Gasteiger partial charge on any atom is -0.491 e. The summed E-state index contributed by atoms with van der Waals surface area (Å²) in [7, 11) is 0. The molecule has 0 aliphatic rings. The Balaban J connectivity index is 2.35. The van der Waals surface area contributed by atoms with E-state index in [2.05, 4.69) is 15.9 Å². The lowest BCUT2D eigenvalue weighted by Gasteiger charge is -2.11. The van der Waals surface area contributed by atoms with Crippen LogP contribution >= 0.6 is 15.9 Å². The number of ether oxygens (including phenoxy) is 1. The van der Waals surface area contributed by atoms with Crippen LogP contribution in [0.15, 0.2) is 46.9 Å². The summed E-state index contributed by atoms with van der Waals surface area (Å²) in [6, 6.07) is 12.4. The Morgan fingerprint density at radius 2 is 1.95 bits per heavy atom. The summed E-state index contributed by atoms with van der Waals surface area (Å²) >= 11 is 3.38. The first-order valence-corrected chi connectivity index (χ1v) is 7.13. The molecule has 0 heterocycles. The van der Waals surface area contributed by atoms with Crippen LogP contribution in [0, 0.1) is 0 Å². The fraction of sp³-hybridized carbons (Fsp3) is 0.188. The minimum atomic E-state index is -0.0848. The summed E-state index contributed by atoms with van der Waals surface area (Å²) in [5.41, 5.74) is 7.43. The highest BCUT2D eigenvalue weighted by molar-refractivity contribution is 9.10. The van der Waals surface area contributed by atoms with Crippen molar-refractivity contribution in [2.45, 2.75) is 20.0 Å². The number of nitrogen functional groups attached to an aromatic ring is 1. The van der Waals surface area contributed by atoms with E-state index in [4.69, 9.17) is 10.5 Å². The molecule has 0 fully saturated rings. The van der Waals surface area contributed by atoms with Gasteiger partial charge in [-0.05, 0) is 44.2 Å². The van der Waals surface area contributed by atoms with Gasteiger partial charge in [0.1, 0.15) is 5.75 Å². The van der Waals surface area contributed by atoms with E-state index in [1.807, 2.05) is 26.0 Å². The van der Waals surface area contributed by atoms with Crippen molar-refractivity contribution in [1.29, 1.82) is 0 Å². The molecule has 0 aromatic heterocycles. The fourth-order valence-corrected chi connectivity index (χ4v) is 2.28. The number of anilines is 1. The molecule has 0 spiro atoms. The van der Waals surface area contributed by atoms with Crippen LogP contribution in [0.2, 0.25) is 0 Å². The van der Waals surface area contributed by atoms with Gasteiger partial charge in [-0.25, -0.2) is 0 Å². The second-order valence-corrected chi connectivity index (χ2v) is 5.62. The lowest BCUT2D eigenvalue weighted by atomic mass is 10.0. The highest BCUT2D eigenvalue weighted by Crippen LogP contribution is 2.24.